The van der Waals surface area contributed by atoms with E-state index in [1.807, 2.05) is 0 Å². The van der Waals surface area contributed by atoms with Crippen LogP contribution in [0.15, 0.2) is 35.5 Å². The van der Waals surface area contributed by atoms with Crippen molar-refractivity contribution in [3.05, 3.63) is 35.5 Å². The fraction of sp³-hybridized carbons (Fsp3) is 0.625. The van der Waals surface area contributed by atoms with Crippen LogP contribution in [0.4, 0.5) is 0 Å². The third-order valence-electron chi connectivity index (χ3n) is 2.58. The van der Waals surface area contributed by atoms with Crippen molar-refractivity contribution in [1.82, 2.24) is 0 Å². The zero-order valence-electron chi connectivity index (χ0n) is 12.1. The van der Waals surface area contributed by atoms with Gasteiger partial charge in [-0.15, -0.1) is 0 Å². The summed E-state index contributed by atoms with van der Waals surface area (Å²) in [5.41, 5.74) is 2.87. The first kappa shape index (κ1) is 16.2. The summed E-state index contributed by atoms with van der Waals surface area (Å²) >= 11 is 0. The lowest BCUT2D eigenvalue weighted by Gasteiger charge is -2.02. The number of rotatable bonds is 8. The number of allylic oxidation sites excluding steroid dienone is 5. The summed E-state index contributed by atoms with van der Waals surface area (Å²) < 4.78 is 5.08. The van der Waals surface area contributed by atoms with E-state index in [1.54, 1.807) is 7.11 Å². The normalized spacial score (nSPS) is 14.1. The first-order valence-corrected chi connectivity index (χ1v) is 6.52. The standard InChI is InChI=1S/C16H28O/c1-14(2)9-6-7-10-15(3)11-8-12-16(4)13-17-5/h8-9,11-12,16H,6-7,10,13H2,1-5H3/b12-8+,15-11+. The van der Waals surface area contributed by atoms with Crippen LogP contribution in [0.25, 0.3) is 0 Å². The van der Waals surface area contributed by atoms with E-state index in [0.29, 0.717) is 5.92 Å². The van der Waals surface area contributed by atoms with Crippen molar-refractivity contribution in [2.24, 2.45) is 5.92 Å². The van der Waals surface area contributed by atoms with Crippen LogP contribution in [0, 0.1) is 5.92 Å². The molecule has 0 aromatic heterocycles. The van der Waals surface area contributed by atoms with E-state index in [2.05, 4.69) is 52.0 Å². The maximum Gasteiger partial charge on any atom is 0.0522 e. The Balaban J connectivity index is 3.82. The summed E-state index contributed by atoms with van der Waals surface area (Å²) in [5.74, 6) is 0.495. The van der Waals surface area contributed by atoms with Gasteiger partial charge in [-0.3, -0.25) is 0 Å². The molecule has 0 aromatic carbocycles. The van der Waals surface area contributed by atoms with Gasteiger partial charge in [-0.1, -0.05) is 42.4 Å². The first-order chi connectivity index (χ1) is 8.06. The number of hydrogen-bond donors (Lipinski definition) is 0. The Morgan fingerprint density at radius 2 is 1.94 bits per heavy atom. The van der Waals surface area contributed by atoms with Crippen molar-refractivity contribution in [1.29, 1.82) is 0 Å². The van der Waals surface area contributed by atoms with Crippen molar-refractivity contribution >= 4 is 0 Å². The molecule has 0 bridgehead atoms. The van der Waals surface area contributed by atoms with Gasteiger partial charge in [0.05, 0.1) is 6.61 Å². The summed E-state index contributed by atoms with van der Waals surface area (Å²) in [4.78, 5) is 0. The summed E-state index contributed by atoms with van der Waals surface area (Å²) in [7, 11) is 1.74. The maximum atomic E-state index is 5.08. The number of methoxy groups -OCH3 is 1. The quantitative estimate of drug-likeness (QED) is 0.330. The molecule has 1 nitrogen and oxygen atoms in total. The molecule has 0 aliphatic heterocycles. The molecule has 0 N–H and O–H groups in total. The molecule has 0 aromatic rings. The number of unbranched alkanes of at least 4 members (excludes halogenated alkanes) is 1. The van der Waals surface area contributed by atoms with Crippen LogP contribution in [-0.2, 0) is 4.74 Å². The van der Waals surface area contributed by atoms with Gasteiger partial charge < -0.3 is 4.74 Å². The summed E-state index contributed by atoms with van der Waals surface area (Å²) in [6.07, 6.45) is 12.5. The van der Waals surface area contributed by atoms with Crippen LogP contribution in [0.5, 0.6) is 0 Å². The highest BCUT2D eigenvalue weighted by Crippen LogP contribution is 2.09. The fourth-order valence-electron chi connectivity index (χ4n) is 1.58. The molecule has 1 atom stereocenters. The predicted molar refractivity (Wildman–Crippen MR) is 77.2 cm³/mol. The van der Waals surface area contributed by atoms with E-state index in [1.165, 1.54) is 30.4 Å². The zero-order chi connectivity index (χ0) is 13.1. The van der Waals surface area contributed by atoms with Crippen LogP contribution in [0.1, 0.15) is 47.0 Å². The molecule has 0 radical (unpaired) electrons. The second-order valence-corrected chi connectivity index (χ2v) is 5.00. The van der Waals surface area contributed by atoms with E-state index in [-0.39, 0.29) is 0 Å². The second-order valence-electron chi connectivity index (χ2n) is 5.00. The van der Waals surface area contributed by atoms with Crippen molar-refractivity contribution in [3.8, 4) is 0 Å². The van der Waals surface area contributed by atoms with Crippen molar-refractivity contribution in [3.63, 3.8) is 0 Å². The lowest BCUT2D eigenvalue weighted by atomic mass is 10.1. The molecule has 1 heteroatoms. The molecule has 0 saturated carbocycles. The molecule has 0 heterocycles. The largest absolute Gasteiger partial charge is 0.384 e. The predicted octanol–water partition coefficient (Wildman–Crippen LogP) is 4.91. The lowest BCUT2D eigenvalue weighted by Crippen LogP contribution is -1.98. The Labute approximate surface area is 107 Å². The number of hydrogen-bond acceptors (Lipinski definition) is 1. The highest BCUT2D eigenvalue weighted by molar-refractivity contribution is 5.11. The summed E-state index contributed by atoms with van der Waals surface area (Å²) in [6.45, 7) is 9.47. The molecule has 0 amide bonds. The fourth-order valence-corrected chi connectivity index (χ4v) is 1.58. The molecule has 0 rings (SSSR count). The van der Waals surface area contributed by atoms with Gasteiger partial charge in [0.2, 0.25) is 0 Å². The molecule has 98 valence electrons. The van der Waals surface area contributed by atoms with Crippen molar-refractivity contribution in [2.75, 3.05) is 13.7 Å². The third-order valence-corrected chi connectivity index (χ3v) is 2.58. The Hall–Kier alpha value is -0.820. The highest BCUT2D eigenvalue weighted by atomic mass is 16.5. The summed E-state index contributed by atoms with van der Waals surface area (Å²) in [6, 6.07) is 0. The molecule has 0 aliphatic rings. The van der Waals surface area contributed by atoms with Gasteiger partial charge in [-0.25, -0.2) is 0 Å². The van der Waals surface area contributed by atoms with Gasteiger partial charge in [0.1, 0.15) is 0 Å². The van der Waals surface area contributed by atoms with Crippen molar-refractivity contribution in [2.45, 2.75) is 47.0 Å². The van der Waals surface area contributed by atoms with Crippen LogP contribution < -0.4 is 0 Å². The smallest absolute Gasteiger partial charge is 0.0522 e. The van der Waals surface area contributed by atoms with Gasteiger partial charge in [0.25, 0.3) is 0 Å². The van der Waals surface area contributed by atoms with Crippen LogP contribution in [0.3, 0.4) is 0 Å². The molecular weight excluding hydrogens is 208 g/mol. The second kappa shape index (κ2) is 10.3. The molecule has 0 fully saturated rings. The monoisotopic (exact) mass is 236 g/mol. The van der Waals surface area contributed by atoms with Crippen LogP contribution in [0.2, 0.25) is 0 Å². The topological polar surface area (TPSA) is 9.23 Å². The Bertz CT molecular complexity index is 267. The van der Waals surface area contributed by atoms with Crippen LogP contribution in [-0.4, -0.2) is 13.7 Å². The molecular formula is C16H28O. The van der Waals surface area contributed by atoms with Crippen LogP contribution >= 0.6 is 0 Å². The highest BCUT2D eigenvalue weighted by Gasteiger charge is 1.93. The Morgan fingerprint density at radius 1 is 1.24 bits per heavy atom. The van der Waals surface area contributed by atoms with Gasteiger partial charge >= 0.3 is 0 Å². The van der Waals surface area contributed by atoms with E-state index in [4.69, 9.17) is 4.74 Å². The molecule has 0 saturated heterocycles. The summed E-state index contributed by atoms with van der Waals surface area (Å²) in [5, 5.41) is 0. The van der Waals surface area contributed by atoms with E-state index in [0.717, 1.165) is 6.61 Å². The van der Waals surface area contributed by atoms with E-state index < -0.39 is 0 Å². The third kappa shape index (κ3) is 11.4. The van der Waals surface area contributed by atoms with Gasteiger partial charge in [0.15, 0.2) is 0 Å². The lowest BCUT2D eigenvalue weighted by molar-refractivity contribution is 0.176. The average molecular weight is 236 g/mol. The Kier molecular flexibility index (Phi) is 9.84. The van der Waals surface area contributed by atoms with E-state index >= 15 is 0 Å². The first-order valence-electron chi connectivity index (χ1n) is 6.52. The SMILES string of the molecule is COCC(C)/C=C/C=C(\C)CCCC=C(C)C. The Morgan fingerprint density at radius 3 is 2.53 bits per heavy atom. The molecule has 0 spiro atoms. The molecule has 17 heavy (non-hydrogen) atoms. The zero-order valence-corrected chi connectivity index (χ0v) is 12.1. The molecule has 0 aliphatic carbocycles. The minimum Gasteiger partial charge on any atom is -0.384 e. The van der Waals surface area contributed by atoms with Crippen molar-refractivity contribution < 1.29 is 4.74 Å². The maximum absolute atomic E-state index is 5.08. The van der Waals surface area contributed by atoms with Gasteiger partial charge in [-0.05, 0) is 46.0 Å². The minimum atomic E-state index is 0.495. The van der Waals surface area contributed by atoms with E-state index in [9.17, 15) is 0 Å². The average Bonchev–Trinajstić information content (AvgIpc) is 2.24. The van der Waals surface area contributed by atoms with Gasteiger partial charge in [0, 0.05) is 7.11 Å². The van der Waals surface area contributed by atoms with Gasteiger partial charge in [-0.2, -0.15) is 0 Å². The molecule has 1 unspecified atom stereocenters. The minimum absolute atomic E-state index is 0.495. The number of ether oxygens (including phenoxy) is 1.